The van der Waals surface area contributed by atoms with Crippen molar-refractivity contribution in [1.82, 2.24) is 40.0 Å². The van der Waals surface area contributed by atoms with Crippen LogP contribution in [-0.2, 0) is 16.0 Å². The van der Waals surface area contributed by atoms with E-state index in [-0.39, 0.29) is 23.7 Å². The topological polar surface area (TPSA) is 113 Å². The van der Waals surface area contributed by atoms with Gasteiger partial charge in [0.2, 0.25) is 11.8 Å². The lowest BCUT2D eigenvalue weighted by molar-refractivity contribution is -0.130. The first-order valence-corrected chi connectivity index (χ1v) is 21.3. The van der Waals surface area contributed by atoms with Crippen molar-refractivity contribution in [2.24, 2.45) is 0 Å². The number of carbonyl (C=O) groups excluding carboxylic acids is 2. The summed E-state index contributed by atoms with van der Waals surface area (Å²) in [6.07, 6.45) is 11.5. The summed E-state index contributed by atoms with van der Waals surface area (Å²) in [7, 11) is 9.97. The molecule has 10 nitrogen and oxygen atoms in total. The van der Waals surface area contributed by atoms with Gasteiger partial charge in [0, 0.05) is 102 Å². The lowest BCUT2D eigenvalue weighted by Crippen LogP contribution is -2.33. The number of fused-ring (bicyclic) bond motifs is 8. The first-order valence-electron chi connectivity index (χ1n) is 21.3. The standard InChI is InChI=1S/C48H68N8O2/c1-12-15-16-17-18-37-38(19-21-47(57)49-23-24-54(7)8)46-30-44-36(20-22-48(58)56(11)26-25-55(9)10)33(6)41(52-44)28-43-34(13-2)31(4)39(50-43)27-42-35(14-3)32(5)40(51-42)29-45(37)53-46/h13-14,27-30,37-38,51-52H,2-3,12,15-26H2,1,4-11H3,(H,49,57). The second kappa shape index (κ2) is 20.3. The Kier molecular flexibility index (Phi) is 15.5. The molecule has 3 aromatic heterocycles. The minimum Gasteiger partial charge on any atom is -0.355 e. The number of allylic oxidation sites excluding steroid dienone is 3. The molecule has 3 N–H and O–H groups in total. The Balaban J connectivity index is 1.75. The highest BCUT2D eigenvalue weighted by molar-refractivity contribution is 5.97. The van der Waals surface area contributed by atoms with Gasteiger partial charge in [-0.1, -0.05) is 57.9 Å². The molecule has 8 bridgehead atoms. The van der Waals surface area contributed by atoms with Crippen molar-refractivity contribution in [3.8, 4) is 0 Å². The maximum absolute atomic E-state index is 13.5. The van der Waals surface area contributed by atoms with Crippen molar-refractivity contribution in [3.05, 3.63) is 88.5 Å². The van der Waals surface area contributed by atoms with Crippen LogP contribution < -0.4 is 5.32 Å². The molecule has 10 heteroatoms. The van der Waals surface area contributed by atoms with E-state index in [1.165, 1.54) is 12.8 Å². The average Bonchev–Trinajstić information content (AvgIpc) is 3.86. The van der Waals surface area contributed by atoms with E-state index in [1.54, 1.807) is 0 Å². The molecule has 2 unspecified atom stereocenters. The highest BCUT2D eigenvalue weighted by Crippen LogP contribution is 2.44. The van der Waals surface area contributed by atoms with Crippen LogP contribution in [0, 0.1) is 13.8 Å². The van der Waals surface area contributed by atoms with E-state index in [0.29, 0.717) is 38.8 Å². The summed E-state index contributed by atoms with van der Waals surface area (Å²) < 4.78 is 0. The van der Waals surface area contributed by atoms with Crippen LogP contribution in [0.2, 0.25) is 0 Å². The molecule has 0 aromatic carbocycles. The van der Waals surface area contributed by atoms with E-state index >= 15 is 0 Å². The van der Waals surface area contributed by atoms with Crippen molar-refractivity contribution in [3.63, 3.8) is 0 Å². The maximum atomic E-state index is 13.5. The monoisotopic (exact) mass is 789 g/mol. The van der Waals surface area contributed by atoms with Crippen molar-refractivity contribution >= 4 is 51.1 Å². The van der Waals surface area contributed by atoms with Gasteiger partial charge in [-0.2, -0.15) is 0 Å². The van der Waals surface area contributed by atoms with Crippen LogP contribution in [0.5, 0.6) is 0 Å². The highest BCUT2D eigenvalue weighted by Gasteiger charge is 2.32. The Bertz CT molecular complexity index is 2170. The van der Waals surface area contributed by atoms with Crippen molar-refractivity contribution in [1.29, 1.82) is 0 Å². The molecule has 3 aromatic rings. The van der Waals surface area contributed by atoms with E-state index in [1.807, 2.05) is 52.3 Å². The number of aromatic amines is 2. The number of nitrogens with zero attached hydrogens (tertiary/aromatic N) is 5. The number of aryl methyl sites for hydroxylation is 3. The Morgan fingerprint density at radius 1 is 0.741 bits per heavy atom. The molecule has 2 aliphatic heterocycles. The summed E-state index contributed by atoms with van der Waals surface area (Å²) >= 11 is 0. The lowest BCUT2D eigenvalue weighted by atomic mass is 9.82. The first kappa shape index (κ1) is 44.3. The van der Waals surface area contributed by atoms with Gasteiger partial charge >= 0.3 is 0 Å². The Morgan fingerprint density at radius 2 is 1.40 bits per heavy atom. The molecule has 0 saturated heterocycles. The summed E-state index contributed by atoms with van der Waals surface area (Å²) in [4.78, 5) is 50.9. The first-order chi connectivity index (χ1) is 27.8. The molecule has 5 rings (SSSR count). The van der Waals surface area contributed by atoms with Gasteiger partial charge in [-0.05, 0) is 115 Å². The predicted molar refractivity (Wildman–Crippen MR) is 243 cm³/mol. The number of hydrogen-bond acceptors (Lipinski definition) is 6. The van der Waals surface area contributed by atoms with E-state index in [4.69, 9.17) is 9.97 Å². The van der Waals surface area contributed by atoms with Gasteiger partial charge in [-0.25, -0.2) is 4.98 Å². The van der Waals surface area contributed by atoms with Crippen LogP contribution in [0.3, 0.4) is 0 Å². The number of carbonyl (C=O) groups is 2. The summed E-state index contributed by atoms with van der Waals surface area (Å²) in [5.74, 6) is 0.370. The third kappa shape index (κ3) is 10.6. The SMILES string of the molecule is C=CC1=C(C)c2cc3[nH]c(cc4nc(cc5[nH]c(cc1n2)c(C)c5CCC(=O)N(C)CCN(C)C)C(CCC(=O)NCCN(C)C)C4CCCCCC)c(C)c3C=C. The molecule has 5 heterocycles. The fourth-order valence-electron chi connectivity index (χ4n) is 8.31. The van der Waals surface area contributed by atoms with Crippen LogP contribution in [0.15, 0.2) is 43.5 Å². The second-order valence-electron chi connectivity index (χ2n) is 16.8. The zero-order valence-corrected chi connectivity index (χ0v) is 36.8. The quantitative estimate of drug-likeness (QED) is 0.105. The van der Waals surface area contributed by atoms with Gasteiger partial charge in [0.1, 0.15) is 0 Å². The summed E-state index contributed by atoms with van der Waals surface area (Å²) in [5, 5.41) is 3.14. The number of hydrogen-bond donors (Lipinski definition) is 3. The maximum Gasteiger partial charge on any atom is 0.222 e. The number of likely N-dealkylation sites (N-methyl/N-ethyl adjacent to an activating group) is 3. The molecule has 58 heavy (non-hydrogen) atoms. The number of rotatable bonds is 19. The molecule has 0 fully saturated rings. The van der Waals surface area contributed by atoms with Gasteiger partial charge in [-0.15, -0.1) is 0 Å². The Labute approximate surface area is 346 Å². The molecule has 2 amide bonds. The van der Waals surface area contributed by atoms with Gasteiger partial charge in [0.25, 0.3) is 0 Å². The van der Waals surface area contributed by atoms with Crippen molar-refractivity contribution in [2.45, 2.75) is 97.3 Å². The zero-order valence-electron chi connectivity index (χ0n) is 36.8. The van der Waals surface area contributed by atoms with E-state index in [0.717, 1.165) is 111 Å². The molecule has 0 spiro atoms. The minimum atomic E-state index is 0.0416. The normalized spacial score (nSPS) is 15.4. The minimum absolute atomic E-state index is 0.0416. The molecule has 0 saturated carbocycles. The summed E-state index contributed by atoms with van der Waals surface area (Å²) in [5.41, 5.74) is 13.9. The Morgan fingerprint density at radius 3 is 2.07 bits per heavy atom. The fourth-order valence-corrected chi connectivity index (χ4v) is 8.31. The van der Waals surface area contributed by atoms with Gasteiger partial charge in [0.15, 0.2) is 0 Å². The third-order valence-electron chi connectivity index (χ3n) is 12.0. The van der Waals surface area contributed by atoms with Gasteiger partial charge in [0.05, 0.1) is 11.4 Å². The van der Waals surface area contributed by atoms with Crippen LogP contribution in [-0.4, -0.2) is 108 Å². The smallest absolute Gasteiger partial charge is 0.222 e. The summed E-state index contributed by atoms with van der Waals surface area (Å²) in [6.45, 7) is 19.9. The van der Waals surface area contributed by atoms with Gasteiger partial charge in [-0.3, -0.25) is 14.6 Å². The highest BCUT2D eigenvalue weighted by atomic mass is 16.2. The van der Waals surface area contributed by atoms with Crippen LogP contribution in [0.1, 0.15) is 122 Å². The molecule has 312 valence electrons. The van der Waals surface area contributed by atoms with Crippen molar-refractivity contribution in [2.75, 3.05) is 61.4 Å². The molecule has 0 radical (unpaired) electrons. The van der Waals surface area contributed by atoms with E-state index in [2.05, 4.69) is 90.2 Å². The predicted octanol–water partition coefficient (Wildman–Crippen LogP) is 8.94. The van der Waals surface area contributed by atoms with Crippen LogP contribution in [0.25, 0.3) is 39.3 Å². The lowest BCUT2D eigenvalue weighted by Gasteiger charge is -2.20. The molecule has 2 aliphatic rings. The number of aromatic nitrogens is 4. The number of nitrogens with one attached hydrogen (secondary N) is 3. The Hall–Kier alpha value is -4.80. The number of H-pyrrole nitrogens is 2. The van der Waals surface area contributed by atoms with Crippen molar-refractivity contribution < 1.29 is 9.59 Å². The van der Waals surface area contributed by atoms with Crippen LogP contribution >= 0.6 is 0 Å². The second-order valence-corrected chi connectivity index (χ2v) is 16.8. The number of amides is 2. The molecule has 2 atom stereocenters. The van der Waals surface area contributed by atoms with Gasteiger partial charge < -0.3 is 30.0 Å². The zero-order chi connectivity index (χ0) is 42.1. The number of unbranched alkanes of at least 4 members (excludes halogenated alkanes) is 3. The molecular formula is C48H68N8O2. The molecule has 0 aliphatic carbocycles. The fraction of sp³-hybridized carbons (Fsp3) is 0.500. The summed E-state index contributed by atoms with van der Waals surface area (Å²) in [6, 6.07) is 8.67. The van der Waals surface area contributed by atoms with E-state index in [9.17, 15) is 9.59 Å². The molecular weight excluding hydrogens is 721 g/mol. The largest absolute Gasteiger partial charge is 0.355 e. The average molecular weight is 789 g/mol. The third-order valence-corrected chi connectivity index (χ3v) is 12.0. The van der Waals surface area contributed by atoms with E-state index < -0.39 is 0 Å². The van der Waals surface area contributed by atoms with Crippen LogP contribution in [0.4, 0.5) is 0 Å².